The zero-order valence-electron chi connectivity index (χ0n) is 15.3. The van der Waals surface area contributed by atoms with Crippen molar-refractivity contribution in [1.29, 1.82) is 0 Å². The maximum atomic E-state index is 12.8. The van der Waals surface area contributed by atoms with Crippen LogP contribution in [0.15, 0.2) is 40.5 Å². The number of benzene rings is 1. The summed E-state index contributed by atoms with van der Waals surface area (Å²) < 4.78 is 5.36. The van der Waals surface area contributed by atoms with Crippen LogP contribution in [0, 0.1) is 10.1 Å². The highest BCUT2D eigenvalue weighted by Crippen LogP contribution is 2.43. The molecule has 142 valence electrons. The van der Waals surface area contributed by atoms with Gasteiger partial charge in [0, 0.05) is 12.1 Å². The average molecular weight is 389 g/mol. The molecular formula is C18H19N3O5S. The molecule has 8 nitrogen and oxygen atoms in total. The number of allylic oxidation sites excluding steroid dienone is 1. The Morgan fingerprint density at radius 3 is 2.74 bits per heavy atom. The number of amidine groups is 1. The Kier molecular flexibility index (Phi) is 5.05. The van der Waals surface area contributed by atoms with Gasteiger partial charge >= 0.3 is 5.97 Å². The zero-order chi connectivity index (χ0) is 19.9. The van der Waals surface area contributed by atoms with Crippen LogP contribution in [0.5, 0.6) is 0 Å². The summed E-state index contributed by atoms with van der Waals surface area (Å²) in [6.45, 7) is 6.90. The van der Waals surface area contributed by atoms with Crippen LogP contribution in [0.1, 0.15) is 39.3 Å². The van der Waals surface area contributed by atoms with E-state index in [4.69, 9.17) is 4.74 Å². The second-order valence-electron chi connectivity index (χ2n) is 6.57. The molecule has 0 N–H and O–H groups in total. The highest BCUT2D eigenvalue weighted by Gasteiger charge is 2.46. The molecule has 0 aromatic heterocycles. The average Bonchev–Trinajstić information content (AvgIpc) is 2.86. The number of non-ortho nitro benzene ring substituents is 1. The molecule has 1 amide bonds. The lowest BCUT2D eigenvalue weighted by Gasteiger charge is -2.33. The fourth-order valence-electron chi connectivity index (χ4n) is 3.07. The molecule has 0 saturated carbocycles. The fraction of sp³-hybridized carbons (Fsp3) is 0.389. The van der Waals surface area contributed by atoms with Crippen molar-refractivity contribution >= 4 is 34.5 Å². The predicted octanol–water partition coefficient (Wildman–Crippen LogP) is 3.20. The number of aliphatic imine (C=N–C) groups is 1. The van der Waals surface area contributed by atoms with Crippen molar-refractivity contribution in [3.05, 3.63) is 51.2 Å². The molecule has 2 heterocycles. The Balaban J connectivity index is 2.16. The van der Waals surface area contributed by atoms with E-state index in [1.807, 2.05) is 0 Å². The Morgan fingerprint density at radius 1 is 1.41 bits per heavy atom. The normalized spacial score (nSPS) is 22.0. The molecule has 2 atom stereocenters. The second-order valence-corrected chi connectivity index (χ2v) is 7.88. The quantitative estimate of drug-likeness (QED) is 0.445. The van der Waals surface area contributed by atoms with Crippen LogP contribution in [0.3, 0.4) is 0 Å². The number of esters is 1. The molecular weight excluding hydrogens is 370 g/mol. The third kappa shape index (κ3) is 3.46. The van der Waals surface area contributed by atoms with E-state index in [0.29, 0.717) is 16.4 Å². The summed E-state index contributed by atoms with van der Waals surface area (Å²) in [5.41, 5.74) is 1.02. The predicted molar refractivity (Wildman–Crippen MR) is 101 cm³/mol. The van der Waals surface area contributed by atoms with Gasteiger partial charge in [0.15, 0.2) is 5.17 Å². The largest absolute Gasteiger partial charge is 0.459 e. The molecule has 1 aromatic rings. The molecule has 1 aromatic carbocycles. The molecule has 0 aliphatic carbocycles. The standard InChI is InChI=1S/C18H19N3O5S/c1-9(2)26-17(23)14-10(3)19-18-20(16(22)11(4)27-18)15(14)12-6-5-7-13(8-12)21(24)25/h5-9,11,15H,1-4H3/t11-,15-/m1/s1. The highest BCUT2D eigenvalue weighted by atomic mass is 32.2. The van der Waals surface area contributed by atoms with E-state index in [0.717, 1.165) is 0 Å². The van der Waals surface area contributed by atoms with Gasteiger partial charge in [-0.1, -0.05) is 23.9 Å². The van der Waals surface area contributed by atoms with Crippen molar-refractivity contribution in [3.8, 4) is 0 Å². The lowest BCUT2D eigenvalue weighted by molar-refractivity contribution is -0.384. The Labute approximate surface area is 160 Å². The first-order valence-corrected chi connectivity index (χ1v) is 9.33. The van der Waals surface area contributed by atoms with Gasteiger partial charge in [-0.3, -0.25) is 19.8 Å². The number of hydrogen-bond donors (Lipinski definition) is 0. The van der Waals surface area contributed by atoms with E-state index < -0.39 is 16.9 Å². The van der Waals surface area contributed by atoms with E-state index in [1.165, 1.54) is 34.9 Å². The molecule has 3 rings (SSSR count). The third-order valence-electron chi connectivity index (χ3n) is 4.22. The van der Waals surface area contributed by atoms with Gasteiger partial charge in [-0.2, -0.15) is 0 Å². The number of ether oxygens (including phenoxy) is 1. The summed E-state index contributed by atoms with van der Waals surface area (Å²) in [5, 5.41) is 11.3. The molecule has 27 heavy (non-hydrogen) atoms. The summed E-state index contributed by atoms with van der Waals surface area (Å²) in [4.78, 5) is 42.1. The lowest BCUT2D eigenvalue weighted by atomic mass is 9.94. The first-order valence-electron chi connectivity index (χ1n) is 8.45. The van der Waals surface area contributed by atoms with Crippen molar-refractivity contribution in [2.75, 3.05) is 0 Å². The number of hydrogen-bond acceptors (Lipinski definition) is 7. The van der Waals surface area contributed by atoms with Gasteiger partial charge in [-0.25, -0.2) is 9.79 Å². The van der Waals surface area contributed by atoms with Crippen molar-refractivity contribution in [1.82, 2.24) is 4.90 Å². The Hall–Kier alpha value is -2.68. The number of nitro benzene ring substituents is 1. The van der Waals surface area contributed by atoms with E-state index in [-0.39, 0.29) is 28.5 Å². The minimum Gasteiger partial charge on any atom is -0.459 e. The van der Waals surface area contributed by atoms with Gasteiger partial charge in [-0.15, -0.1) is 0 Å². The van der Waals surface area contributed by atoms with Crippen LogP contribution in [-0.4, -0.2) is 38.2 Å². The molecule has 9 heteroatoms. The van der Waals surface area contributed by atoms with E-state index in [1.54, 1.807) is 33.8 Å². The van der Waals surface area contributed by atoms with Crippen LogP contribution in [0.4, 0.5) is 5.69 Å². The van der Waals surface area contributed by atoms with Gasteiger partial charge < -0.3 is 4.74 Å². The van der Waals surface area contributed by atoms with Crippen LogP contribution >= 0.6 is 11.8 Å². The first kappa shape index (κ1) is 19.1. The van der Waals surface area contributed by atoms with Gasteiger partial charge in [-0.05, 0) is 33.3 Å². The first-order chi connectivity index (χ1) is 12.7. The number of fused-ring (bicyclic) bond motifs is 1. The summed E-state index contributed by atoms with van der Waals surface area (Å²) in [6, 6.07) is 5.14. The smallest absolute Gasteiger partial charge is 0.338 e. The van der Waals surface area contributed by atoms with E-state index in [9.17, 15) is 19.7 Å². The Morgan fingerprint density at radius 2 is 2.11 bits per heavy atom. The maximum absolute atomic E-state index is 12.8. The van der Waals surface area contributed by atoms with E-state index >= 15 is 0 Å². The van der Waals surface area contributed by atoms with Crippen LogP contribution in [0.25, 0.3) is 0 Å². The second kappa shape index (κ2) is 7.15. The number of rotatable bonds is 4. The molecule has 1 saturated heterocycles. The molecule has 0 bridgehead atoms. The summed E-state index contributed by atoms with van der Waals surface area (Å²) in [7, 11) is 0. The SMILES string of the molecule is CC1=C(C(=O)OC(C)C)[C@@H](c2cccc([N+](=O)[O-])c2)N2C(=O)[C@@H](C)SC2=N1. The summed E-state index contributed by atoms with van der Waals surface area (Å²) >= 11 is 1.30. The zero-order valence-corrected chi connectivity index (χ0v) is 16.1. The number of nitrogens with zero attached hydrogens (tertiary/aromatic N) is 3. The summed E-state index contributed by atoms with van der Waals surface area (Å²) in [5.74, 6) is -0.781. The van der Waals surface area contributed by atoms with Crippen molar-refractivity contribution < 1.29 is 19.2 Å². The minimum absolute atomic E-state index is 0.113. The van der Waals surface area contributed by atoms with Gasteiger partial charge in [0.2, 0.25) is 5.91 Å². The monoisotopic (exact) mass is 389 g/mol. The topological polar surface area (TPSA) is 102 Å². The maximum Gasteiger partial charge on any atom is 0.338 e. The number of carbonyl (C=O) groups excluding carboxylic acids is 2. The van der Waals surface area contributed by atoms with Crippen LogP contribution < -0.4 is 0 Å². The van der Waals surface area contributed by atoms with Crippen molar-refractivity contribution in [2.24, 2.45) is 4.99 Å². The van der Waals surface area contributed by atoms with Crippen molar-refractivity contribution in [3.63, 3.8) is 0 Å². The molecule has 0 radical (unpaired) electrons. The number of nitro groups is 1. The minimum atomic E-state index is -0.811. The number of carbonyl (C=O) groups is 2. The number of amides is 1. The van der Waals surface area contributed by atoms with Crippen LogP contribution in [-0.2, 0) is 14.3 Å². The van der Waals surface area contributed by atoms with Gasteiger partial charge in [0.25, 0.3) is 5.69 Å². The molecule has 1 fully saturated rings. The summed E-state index contributed by atoms with van der Waals surface area (Å²) in [6.07, 6.45) is -0.350. The van der Waals surface area contributed by atoms with Gasteiger partial charge in [0.1, 0.15) is 0 Å². The molecule has 0 spiro atoms. The number of thioether (sulfide) groups is 1. The highest BCUT2D eigenvalue weighted by molar-refractivity contribution is 8.15. The van der Waals surface area contributed by atoms with E-state index in [2.05, 4.69) is 4.99 Å². The van der Waals surface area contributed by atoms with Crippen LogP contribution in [0.2, 0.25) is 0 Å². The fourth-order valence-corrected chi connectivity index (χ4v) is 4.09. The lowest BCUT2D eigenvalue weighted by Crippen LogP contribution is -2.40. The molecule has 0 unspecified atom stereocenters. The Bertz CT molecular complexity index is 893. The van der Waals surface area contributed by atoms with Gasteiger partial charge in [0.05, 0.1) is 33.6 Å². The van der Waals surface area contributed by atoms with Crippen molar-refractivity contribution in [2.45, 2.75) is 45.1 Å². The third-order valence-corrected chi connectivity index (χ3v) is 5.27. The molecule has 2 aliphatic heterocycles. The molecule has 2 aliphatic rings.